The SMILES string of the molecule is OC(CN1CCC2(CCCC2)CC1)c1cccc(F)c1F. The third kappa shape index (κ3) is 3.11. The van der Waals surface area contributed by atoms with Crippen LogP contribution in [0.2, 0.25) is 0 Å². The maximum atomic E-state index is 13.7. The van der Waals surface area contributed by atoms with Gasteiger partial charge in [0.15, 0.2) is 11.6 Å². The van der Waals surface area contributed by atoms with Gasteiger partial charge in [-0.2, -0.15) is 0 Å². The fourth-order valence-electron chi connectivity index (χ4n) is 3.96. The van der Waals surface area contributed by atoms with E-state index in [9.17, 15) is 13.9 Å². The number of nitrogens with zero attached hydrogens (tertiary/aromatic N) is 1. The monoisotopic (exact) mass is 295 g/mol. The molecule has 1 aromatic carbocycles. The molecule has 1 N–H and O–H groups in total. The molecule has 21 heavy (non-hydrogen) atoms. The van der Waals surface area contributed by atoms with E-state index in [-0.39, 0.29) is 5.56 Å². The average molecular weight is 295 g/mol. The van der Waals surface area contributed by atoms with Crippen molar-refractivity contribution in [2.24, 2.45) is 5.41 Å². The highest BCUT2D eigenvalue weighted by Gasteiger charge is 2.37. The Morgan fingerprint density at radius 3 is 2.43 bits per heavy atom. The zero-order chi connectivity index (χ0) is 14.9. The van der Waals surface area contributed by atoms with Crippen LogP contribution in [0.3, 0.4) is 0 Å². The van der Waals surface area contributed by atoms with Crippen molar-refractivity contribution in [3.05, 3.63) is 35.4 Å². The smallest absolute Gasteiger partial charge is 0.164 e. The molecular formula is C17H23F2NO. The van der Waals surface area contributed by atoms with Crippen molar-refractivity contribution in [1.82, 2.24) is 4.90 Å². The zero-order valence-corrected chi connectivity index (χ0v) is 12.3. The molecule has 1 heterocycles. The van der Waals surface area contributed by atoms with E-state index in [0.717, 1.165) is 19.2 Å². The summed E-state index contributed by atoms with van der Waals surface area (Å²) in [6.45, 7) is 2.29. The minimum atomic E-state index is -0.960. The molecule has 3 rings (SSSR count). The second kappa shape index (κ2) is 6.01. The van der Waals surface area contributed by atoms with Crippen LogP contribution < -0.4 is 0 Å². The standard InChI is InChI=1S/C17H23F2NO/c18-14-5-3-4-13(16(14)19)15(21)12-20-10-8-17(9-11-20)6-1-2-7-17/h3-5,15,21H,1-2,6-12H2. The van der Waals surface area contributed by atoms with E-state index >= 15 is 0 Å². The minimum absolute atomic E-state index is 0.0659. The van der Waals surface area contributed by atoms with Gasteiger partial charge in [0.2, 0.25) is 0 Å². The van der Waals surface area contributed by atoms with E-state index in [1.807, 2.05) is 0 Å². The number of halogens is 2. The molecule has 1 saturated carbocycles. The second-order valence-corrected chi connectivity index (χ2v) is 6.67. The summed E-state index contributed by atoms with van der Waals surface area (Å²) in [5.74, 6) is -1.82. The molecule has 2 fully saturated rings. The number of benzene rings is 1. The Morgan fingerprint density at radius 2 is 1.76 bits per heavy atom. The Morgan fingerprint density at radius 1 is 1.10 bits per heavy atom. The molecule has 116 valence electrons. The van der Waals surface area contributed by atoms with Crippen molar-refractivity contribution in [3.63, 3.8) is 0 Å². The second-order valence-electron chi connectivity index (χ2n) is 6.67. The topological polar surface area (TPSA) is 23.5 Å². The summed E-state index contributed by atoms with van der Waals surface area (Å²) in [5, 5.41) is 10.2. The number of hydrogen-bond donors (Lipinski definition) is 1. The van der Waals surface area contributed by atoms with Gasteiger partial charge in [-0.25, -0.2) is 8.78 Å². The van der Waals surface area contributed by atoms with Crippen LogP contribution in [0.4, 0.5) is 8.78 Å². The van der Waals surface area contributed by atoms with Crippen molar-refractivity contribution in [1.29, 1.82) is 0 Å². The number of piperidine rings is 1. The van der Waals surface area contributed by atoms with Crippen LogP contribution in [-0.4, -0.2) is 29.6 Å². The third-order valence-electron chi connectivity index (χ3n) is 5.35. The van der Waals surface area contributed by atoms with E-state index in [2.05, 4.69) is 4.90 Å². The number of likely N-dealkylation sites (tertiary alicyclic amines) is 1. The van der Waals surface area contributed by atoms with Gasteiger partial charge in [0, 0.05) is 12.1 Å². The molecule has 2 aliphatic rings. The van der Waals surface area contributed by atoms with Crippen LogP contribution in [0, 0.1) is 17.0 Å². The van der Waals surface area contributed by atoms with Gasteiger partial charge >= 0.3 is 0 Å². The van der Waals surface area contributed by atoms with Crippen LogP contribution in [-0.2, 0) is 0 Å². The lowest BCUT2D eigenvalue weighted by atomic mass is 9.77. The lowest BCUT2D eigenvalue weighted by molar-refractivity contribution is 0.0580. The van der Waals surface area contributed by atoms with Crippen molar-refractivity contribution < 1.29 is 13.9 Å². The molecule has 2 nitrogen and oxygen atoms in total. The van der Waals surface area contributed by atoms with Crippen LogP contribution in [0.5, 0.6) is 0 Å². The molecule has 1 aliphatic heterocycles. The zero-order valence-electron chi connectivity index (χ0n) is 12.3. The Hall–Kier alpha value is -1.00. The van der Waals surface area contributed by atoms with Crippen LogP contribution in [0.15, 0.2) is 18.2 Å². The van der Waals surface area contributed by atoms with E-state index in [4.69, 9.17) is 0 Å². The summed E-state index contributed by atoms with van der Waals surface area (Å²) in [6, 6.07) is 3.99. The Bertz CT molecular complexity index is 490. The number of aliphatic hydroxyl groups is 1. The Labute approximate surface area is 124 Å². The van der Waals surface area contributed by atoms with Gasteiger partial charge in [-0.05, 0) is 50.3 Å². The predicted octanol–water partition coefficient (Wildman–Crippen LogP) is 3.65. The quantitative estimate of drug-likeness (QED) is 0.920. The van der Waals surface area contributed by atoms with Crippen molar-refractivity contribution in [2.45, 2.75) is 44.6 Å². The number of β-amino-alcohol motifs (C(OH)–C–C–N with tert-alkyl or cyclic N) is 1. The number of aliphatic hydroxyl groups excluding tert-OH is 1. The molecule has 1 aliphatic carbocycles. The van der Waals surface area contributed by atoms with E-state index in [1.165, 1.54) is 50.7 Å². The van der Waals surface area contributed by atoms with Crippen LogP contribution in [0.25, 0.3) is 0 Å². The van der Waals surface area contributed by atoms with E-state index < -0.39 is 17.7 Å². The van der Waals surface area contributed by atoms with Gasteiger partial charge in [0.25, 0.3) is 0 Å². The van der Waals surface area contributed by atoms with Crippen molar-refractivity contribution >= 4 is 0 Å². The van der Waals surface area contributed by atoms with Gasteiger partial charge in [-0.1, -0.05) is 25.0 Å². The van der Waals surface area contributed by atoms with Crippen LogP contribution in [0.1, 0.15) is 50.2 Å². The molecule has 0 amide bonds. The maximum Gasteiger partial charge on any atom is 0.164 e. The normalized spacial score (nSPS) is 23.6. The largest absolute Gasteiger partial charge is 0.387 e. The lowest BCUT2D eigenvalue weighted by Crippen LogP contribution is -2.40. The van der Waals surface area contributed by atoms with Gasteiger partial charge in [-0.15, -0.1) is 0 Å². The fourth-order valence-corrected chi connectivity index (χ4v) is 3.96. The third-order valence-corrected chi connectivity index (χ3v) is 5.35. The highest BCUT2D eigenvalue weighted by molar-refractivity contribution is 5.21. The molecule has 1 atom stereocenters. The predicted molar refractivity (Wildman–Crippen MR) is 77.9 cm³/mol. The Kier molecular flexibility index (Phi) is 4.27. The minimum Gasteiger partial charge on any atom is -0.387 e. The van der Waals surface area contributed by atoms with Crippen LogP contribution >= 0.6 is 0 Å². The first-order chi connectivity index (χ1) is 10.1. The lowest BCUT2D eigenvalue weighted by Gasteiger charge is -2.40. The molecular weight excluding hydrogens is 272 g/mol. The van der Waals surface area contributed by atoms with Gasteiger partial charge < -0.3 is 10.0 Å². The fraction of sp³-hybridized carbons (Fsp3) is 0.647. The number of hydrogen-bond acceptors (Lipinski definition) is 2. The molecule has 1 aromatic rings. The summed E-state index contributed by atoms with van der Waals surface area (Å²) in [4.78, 5) is 2.18. The molecule has 4 heteroatoms. The first-order valence-electron chi connectivity index (χ1n) is 7.94. The molecule has 0 radical (unpaired) electrons. The molecule has 1 unspecified atom stereocenters. The van der Waals surface area contributed by atoms with Gasteiger partial charge in [-0.3, -0.25) is 0 Å². The summed E-state index contributed by atoms with van der Waals surface area (Å²) in [6.07, 6.45) is 6.74. The average Bonchev–Trinajstić information content (AvgIpc) is 2.93. The highest BCUT2D eigenvalue weighted by atomic mass is 19.2. The summed E-state index contributed by atoms with van der Waals surface area (Å²) < 4.78 is 26.9. The number of rotatable bonds is 3. The maximum absolute atomic E-state index is 13.7. The molecule has 0 aromatic heterocycles. The Balaban J connectivity index is 1.58. The van der Waals surface area contributed by atoms with E-state index in [0.29, 0.717) is 12.0 Å². The van der Waals surface area contributed by atoms with E-state index in [1.54, 1.807) is 0 Å². The summed E-state index contributed by atoms with van der Waals surface area (Å²) in [7, 11) is 0. The molecule has 0 bridgehead atoms. The molecule has 1 spiro atoms. The summed E-state index contributed by atoms with van der Waals surface area (Å²) >= 11 is 0. The molecule has 1 saturated heterocycles. The van der Waals surface area contributed by atoms with Crippen molar-refractivity contribution in [2.75, 3.05) is 19.6 Å². The summed E-state index contributed by atoms with van der Waals surface area (Å²) in [5.41, 5.74) is 0.599. The highest BCUT2D eigenvalue weighted by Crippen LogP contribution is 2.46. The van der Waals surface area contributed by atoms with Gasteiger partial charge in [0.1, 0.15) is 0 Å². The first-order valence-corrected chi connectivity index (χ1v) is 7.94. The first kappa shape index (κ1) is 14.9. The van der Waals surface area contributed by atoms with Crippen molar-refractivity contribution in [3.8, 4) is 0 Å². The van der Waals surface area contributed by atoms with Gasteiger partial charge in [0.05, 0.1) is 6.10 Å².